The maximum absolute atomic E-state index is 12.6. The van der Waals surface area contributed by atoms with Crippen LogP contribution in [0, 0.1) is 5.92 Å². The average Bonchev–Trinajstić information content (AvgIpc) is 3.22. The van der Waals surface area contributed by atoms with E-state index in [4.69, 9.17) is 5.73 Å². The van der Waals surface area contributed by atoms with Crippen LogP contribution in [0.5, 0.6) is 0 Å². The van der Waals surface area contributed by atoms with Crippen molar-refractivity contribution >= 4 is 26.5 Å². The lowest BCUT2D eigenvalue weighted by molar-refractivity contribution is 0.530. The van der Waals surface area contributed by atoms with Gasteiger partial charge >= 0.3 is 0 Å². The molecule has 1 atom stereocenters. The topological polar surface area (TPSA) is 72.2 Å². The molecule has 1 unspecified atom stereocenters. The molecule has 1 fully saturated rings. The van der Waals surface area contributed by atoms with Gasteiger partial charge in [-0.2, -0.15) is 0 Å². The number of benzene rings is 2. The average molecular weight is 304 g/mol. The Labute approximate surface area is 125 Å². The number of nitrogens with two attached hydrogens (primary N) is 1. The summed E-state index contributed by atoms with van der Waals surface area (Å²) in [7, 11) is -3.53. The molecule has 21 heavy (non-hydrogen) atoms. The van der Waals surface area contributed by atoms with Crippen molar-refractivity contribution in [3.05, 3.63) is 36.4 Å². The summed E-state index contributed by atoms with van der Waals surface area (Å²) in [6.45, 7) is 1.93. The molecule has 1 saturated carbocycles. The van der Waals surface area contributed by atoms with E-state index in [1.807, 2.05) is 25.1 Å². The van der Waals surface area contributed by atoms with Gasteiger partial charge in [0.2, 0.25) is 10.0 Å². The van der Waals surface area contributed by atoms with Gasteiger partial charge in [-0.3, -0.25) is 0 Å². The number of fused-ring (bicyclic) bond motifs is 1. The van der Waals surface area contributed by atoms with Crippen molar-refractivity contribution in [2.24, 2.45) is 5.92 Å². The van der Waals surface area contributed by atoms with Gasteiger partial charge in [0.25, 0.3) is 0 Å². The third-order valence-corrected chi connectivity index (χ3v) is 5.60. The highest BCUT2D eigenvalue weighted by atomic mass is 32.2. The van der Waals surface area contributed by atoms with Crippen molar-refractivity contribution in [1.82, 2.24) is 4.72 Å². The summed E-state index contributed by atoms with van der Waals surface area (Å²) in [5.41, 5.74) is 6.52. The quantitative estimate of drug-likeness (QED) is 0.834. The molecule has 3 rings (SSSR count). The Hall–Kier alpha value is -1.59. The van der Waals surface area contributed by atoms with Gasteiger partial charge < -0.3 is 5.73 Å². The minimum atomic E-state index is -3.53. The van der Waals surface area contributed by atoms with Crippen molar-refractivity contribution in [1.29, 1.82) is 0 Å². The molecule has 4 nitrogen and oxygen atoms in total. The smallest absolute Gasteiger partial charge is 0.241 e. The second kappa shape index (κ2) is 5.31. The Kier molecular flexibility index (Phi) is 3.63. The zero-order chi connectivity index (χ0) is 15.0. The summed E-state index contributed by atoms with van der Waals surface area (Å²) in [6.07, 6.45) is 3.35. The van der Waals surface area contributed by atoms with Crippen LogP contribution in [-0.4, -0.2) is 14.5 Å². The van der Waals surface area contributed by atoms with E-state index in [2.05, 4.69) is 4.72 Å². The van der Waals surface area contributed by atoms with E-state index >= 15 is 0 Å². The second-order valence-electron chi connectivity index (χ2n) is 5.90. The predicted octanol–water partition coefficient (Wildman–Crippen LogP) is 2.89. The molecule has 1 aliphatic carbocycles. The summed E-state index contributed by atoms with van der Waals surface area (Å²) < 4.78 is 28.0. The molecule has 2 aromatic rings. The first-order valence-corrected chi connectivity index (χ1v) is 8.75. The van der Waals surface area contributed by atoms with Gasteiger partial charge in [-0.25, -0.2) is 13.1 Å². The zero-order valence-corrected chi connectivity index (χ0v) is 12.9. The Morgan fingerprint density at radius 3 is 2.52 bits per heavy atom. The molecule has 112 valence electrons. The highest BCUT2D eigenvalue weighted by Gasteiger charge is 2.27. The standard InChI is InChI=1S/C16H20N2O2S/c1-11(10-12-6-7-12)18-21(19,20)16-9-8-15(17)13-4-2-3-5-14(13)16/h2-5,8-9,11-12,18H,6-7,10,17H2,1H3. The van der Waals surface area contributed by atoms with Crippen molar-refractivity contribution < 1.29 is 8.42 Å². The van der Waals surface area contributed by atoms with Crippen LogP contribution in [0.25, 0.3) is 10.8 Å². The molecule has 0 spiro atoms. The van der Waals surface area contributed by atoms with Crippen LogP contribution >= 0.6 is 0 Å². The number of rotatable bonds is 5. The normalized spacial score (nSPS) is 17.0. The minimum Gasteiger partial charge on any atom is -0.398 e. The Morgan fingerprint density at radius 2 is 1.86 bits per heavy atom. The minimum absolute atomic E-state index is 0.0428. The Bertz CT molecular complexity index is 767. The lowest BCUT2D eigenvalue weighted by Gasteiger charge is -2.15. The van der Waals surface area contributed by atoms with E-state index in [0.717, 1.165) is 11.8 Å². The van der Waals surface area contributed by atoms with Gasteiger partial charge in [-0.05, 0) is 31.4 Å². The predicted molar refractivity (Wildman–Crippen MR) is 85.5 cm³/mol. The number of hydrogen-bond donors (Lipinski definition) is 2. The van der Waals surface area contributed by atoms with Crippen LogP contribution in [0.3, 0.4) is 0 Å². The molecule has 1 aliphatic rings. The molecule has 0 radical (unpaired) electrons. The SMILES string of the molecule is CC(CC1CC1)NS(=O)(=O)c1ccc(N)c2ccccc12. The van der Waals surface area contributed by atoms with Gasteiger partial charge in [0.15, 0.2) is 0 Å². The Morgan fingerprint density at radius 1 is 1.19 bits per heavy atom. The van der Waals surface area contributed by atoms with Crippen molar-refractivity contribution in [2.75, 3.05) is 5.73 Å². The fourth-order valence-electron chi connectivity index (χ4n) is 2.76. The van der Waals surface area contributed by atoms with Crippen molar-refractivity contribution in [3.63, 3.8) is 0 Å². The summed E-state index contributed by atoms with van der Waals surface area (Å²) in [5.74, 6) is 0.686. The summed E-state index contributed by atoms with van der Waals surface area (Å²) >= 11 is 0. The number of hydrogen-bond acceptors (Lipinski definition) is 3. The Balaban J connectivity index is 1.96. The molecule has 0 heterocycles. The molecule has 2 aromatic carbocycles. The number of sulfonamides is 1. The maximum Gasteiger partial charge on any atom is 0.241 e. The van der Waals surface area contributed by atoms with Crippen LogP contribution in [0.15, 0.2) is 41.3 Å². The molecule has 0 bridgehead atoms. The van der Waals surface area contributed by atoms with Crippen LogP contribution in [0.1, 0.15) is 26.2 Å². The highest BCUT2D eigenvalue weighted by Crippen LogP contribution is 2.34. The number of nitrogen functional groups attached to an aromatic ring is 1. The molecule has 0 aliphatic heterocycles. The first-order valence-electron chi connectivity index (χ1n) is 7.27. The van der Waals surface area contributed by atoms with E-state index in [1.54, 1.807) is 18.2 Å². The van der Waals surface area contributed by atoms with E-state index in [-0.39, 0.29) is 6.04 Å². The van der Waals surface area contributed by atoms with Crippen LogP contribution in [0.2, 0.25) is 0 Å². The number of anilines is 1. The summed E-state index contributed by atoms with van der Waals surface area (Å²) in [5, 5.41) is 1.44. The fraction of sp³-hybridized carbons (Fsp3) is 0.375. The third-order valence-electron chi connectivity index (χ3n) is 3.95. The third kappa shape index (κ3) is 3.04. The first kappa shape index (κ1) is 14.4. The van der Waals surface area contributed by atoms with E-state index < -0.39 is 10.0 Å². The van der Waals surface area contributed by atoms with Gasteiger partial charge in [-0.15, -0.1) is 0 Å². The van der Waals surface area contributed by atoms with Gasteiger partial charge in [0, 0.05) is 22.5 Å². The molecule has 0 amide bonds. The molecule has 0 saturated heterocycles. The first-order chi connectivity index (χ1) is 9.97. The van der Waals surface area contributed by atoms with Crippen LogP contribution in [-0.2, 0) is 10.0 Å². The molecule has 5 heteroatoms. The highest BCUT2D eigenvalue weighted by molar-refractivity contribution is 7.89. The second-order valence-corrected chi connectivity index (χ2v) is 7.58. The van der Waals surface area contributed by atoms with Crippen LogP contribution in [0.4, 0.5) is 5.69 Å². The van der Waals surface area contributed by atoms with Gasteiger partial charge in [0.1, 0.15) is 0 Å². The summed E-state index contributed by atoms with van der Waals surface area (Å²) in [4.78, 5) is 0.301. The molecule has 3 N–H and O–H groups in total. The van der Waals surface area contributed by atoms with Gasteiger partial charge in [0.05, 0.1) is 4.90 Å². The van der Waals surface area contributed by atoms with Crippen molar-refractivity contribution in [2.45, 2.75) is 37.1 Å². The van der Waals surface area contributed by atoms with E-state index in [1.165, 1.54) is 12.8 Å². The largest absolute Gasteiger partial charge is 0.398 e. The van der Waals surface area contributed by atoms with Gasteiger partial charge in [-0.1, -0.05) is 37.1 Å². The molecular formula is C16H20N2O2S. The zero-order valence-electron chi connectivity index (χ0n) is 12.0. The molecular weight excluding hydrogens is 284 g/mol. The lowest BCUT2D eigenvalue weighted by Crippen LogP contribution is -2.33. The fourth-order valence-corrected chi connectivity index (χ4v) is 4.23. The monoisotopic (exact) mass is 304 g/mol. The van der Waals surface area contributed by atoms with E-state index in [0.29, 0.717) is 21.9 Å². The molecule has 0 aromatic heterocycles. The van der Waals surface area contributed by atoms with Crippen molar-refractivity contribution in [3.8, 4) is 0 Å². The lowest BCUT2D eigenvalue weighted by atomic mass is 10.1. The van der Waals surface area contributed by atoms with E-state index in [9.17, 15) is 8.42 Å². The maximum atomic E-state index is 12.6. The van der Waals surface area contributed by atoms with Crippen LogP contribution < -0.4 is 10.5 Å². The number of nitrogens with one attached hydrogen (secondary N) is 1. The summed E-state index contributed by atoms with van der Waals surface area (Å²) in [6, 6.07) is 10.5.